The molecule has 0 spiro atoms. The molecule has 0 saturated carbocycles. The van der Waals surface area contributed by atoms with E-state index < -0.39 is 5.92 Å². The first-order valence-electron chi connectivity index (χ1n) is 12.2. The second kappa shape index (κ2) is 12.2. The highest BCUT2D eigenvalue weighted by Crippen LogP contribution is 2.29. The maximum Gasteiger partial charge on any atom is 0.234 e. The van der Waals surface area contributed by atoms with Crippen molar-refractivity contribution >= 4 is 28.3 Å². The van der Waals surface area contributed by atoms with Crippen molar-refractivity contribution in [3.05, 3.63) is 102 Å². The van der Waals surface area contributed by atoms with Crippen LogP contribution in [0, 0.1) is 0 Å². The van der Waals surface area contributed by atoms with E-state index >= 15 is 0 Å². The number of benzene rings is 3. The van der Waals surface area contributed by atoms with Gasteiger partial charge in [0.2, 0.25) is 16.9 Å². The summed E-state index contributed by atoms with van der Waals surface area (Å²) >= 11 is 1.33. The largest absolute Gasteiger partial charge is 0.339 e. The number of hydrogen-bond donors (Lipinski definition) is 1. The van der Waals surface area contributed by atoms with Gasteiger partial charge in [-0.25, -0.2) is 0 Å². The third kappa shape index (κ3) is 6.23. The van der Waals surface area contributed by atoms with Crippen LogP contribution in [0.3, 0.4) is 0 Å². The number of nitrogens with zero attached hydrogens (tertiary/aromatic N) is 3. The predicted molar refractivity (Wildman–Crippen MR) is 145 cm³/mol. The molecule has 0 radical (unpaired) electrons. The average Bonchev–Trinajstić information content (AvgIpc) is 3.39. The zero-order valence-electron chi connectivity index (χ0n) is 20.5. The van der Waals surface area contributed by atoms with Crippen LogP contribution in [0.1, 0.15) is 43.7 Å². The minimum atomic E-state index is -0.430. The molecule has 1 N–H and O–H groups in total. The molecule has 1 heterocycles. The van der Waals surface area contributed by atoms with E-state index in [2.05, 4.69) is 22.4 Å². The van der Waals surface area contributed by atoms with Gasteiger partial charge in [-0.1, -0.05) is 109 Å². The van der Waals surface area contributed by atoms with E-state index in [0.717, 1.165) is 28.1 Å². The molecular weight excluding hydrogens is 468 g/mol. The van der Waals surface area contributed by atoms with E-state index in [-0.39, 0.29) is 24.3 Å². The second-order valence-corrected chi connectivity index (χ2v) is 9.60. The highest BCUT2D eigenvalue weighted by molar-refractivity contribution is 7.18. The molecule has 0 aliphatic carbocycles. The number of nitrogens with one attached hydrogen (secondary N) is 1. The van der Waals surface area contributed by atoms with Crippen molar-refractivity contribution in [3.63, 3.8) is 0 Å². The Kier molecular flexibility index (Phi) is 8.57. The van der Waals surface area contributed by atoms with Crippen molar-refractivity contribution in [1.29, 1.82) is 0 Å². The van der Waals surface area contributed by atoms with Crippen LogP contribution in [0.25, 0.3) is 10.6 Å². The topological polar surface area (TPSA) is 75.2 Å². The molecule has 0 aliphatic heterocycles. The number of aromatic nitrogens is 2. The normalized spacial score (nSPS) is 11.8. The summed E-state index contributed by atoms with van der Waals surface area (Å²) in [5.74, 6) is -0.624. The molecule has 0 saturated heterocycles. The van der Waals surface area contributed by atoms with Gasteiger partial charge in [-0.2, -0.15) is 0 Å². The fourth-order valence-electron chi connectivity index (χ4n) is 4.08. The molecule has 7 heteroatoms. The second-order valence-electron chi connectivity index (χ2n) is 8.62. The van der Waals surface area contributed by atoms with E-state index in [1.165, 1.54) is 11.3 Å². The van der Waals surface area contributed by atoms with Gasteiger partial charge in [-0.05, 0) is 24.5 Å². The summed E-state index contributed by atoms with van der Waals surface area (Å²) in [7, 11) is 0. The van der Waals surface area contributed by atoms with Crippen LogP contribution in [0.5, 0.6) is 0 Å². The van der Waals surface area contributed by atoms with Gasteiger partial charge < -0.3 is 10.2 Å². The van der Waals surface area contributed by atoms with Crippen LogP contribution in [-0.4, -0.2) is 39.5 Å². The Bertz CT molecular complexity index is 1220. The van der Waals surface area contributed by atoms with E-state index in [4.69, 9.17) is 0 Å². The van der Waals surface area contributed by atoms with Gasteiger partial charge in [0.05, 0.1) is 5.92 Å². The van der Waals surface area contributed by atoms with Crippen molar-refractivity contribution in [3.8, 4) is 10.6 Å². The summed E-state index contributed by atoms with van der Waals surface area (Å²) in [4.78, 5) is 28.6. The van der Waals surface area contributed by atoms with Gasteiger partial charge in [0.15, 0.2) is 0 Å². The highest BCUT2D eigenvalue weighted by Gasteiger charge is 2.30. The standard InChI is InChI=1S/C29H30N4O2S/c1-3-21(2)33(28(35)26(22-13-7-4-8-14-22)23-15-9-5-10-16-23)20-19-25(34)30-29-32-31-27(36-29)24-17-11-6-12-18-24/h4-18,21,26H,3,19-20H2,1-2H3,(H,30,32,34). The Balaban J connectivity index is 1.47. The monoisotopic (exact) mass is 498 g/mol. The number of rotatable bonds is 10. The summed E-state index contributed by atoms with van der Waals surface area (Å²) in [6, 6.07) is 29.3. The van der Waals surface area contributed by atoms with Crippen LogP contribution >= 0.6 is 11.3 Å². The van der Waals surface area contributed by atoms with Crippen LogP contribution in [-0.2, 0) is 9.59 Å². The van der Waals surface area contributed by atoms with Gasteiger partial charge in [0, 0.05) is 24.6 Å². The first kappa shape index (κ1) is 25.3. The van der Waals surface area contributed by atoms with Gasteiger partial charge in [-0.3, -0.25) is 9.59 Å². The fraction of sp³-hybridized carbons (Fsp3) is 0.241. The summed E-state index contributed by atoms with van der Waals surface area (Å²) in [5.41, 5.74) is 2.83. The molecule has 0 bridgehead atoms. The lowest BCUT2D eigenvalue weighted by molar-refractivity contribution is -0.134. The first-order valence-corrected chi connectivity index (χ1v) is 13.0. The Morgan fingerprint density at radius 1 is 0.861 bits per heavy atom. The van der Waals surface area contributed by atoms with E-state index in [9.17, 15) is 9.59 Å². The average molecular weight is 499 g/mol. The first-order chi connectivity index (χ1) is 17.6. The van der Waals surface area contributed by atoms with E-state index in [1.54, 1.807) is 0 Å². The maximum absolute atomic E-state index is 13.9. The highest BCUT2D eigenvalue weighted by atomic mass is 32.1. The molecule has 2 amide bonds. The van der Waals surface area contributed by atoms with Crippen molar-refractivity contribution < 1.29 is 9.59 Å². The summed E-state index contributed by atoms with van der Waals surface area (Å²) in [5, 5.41) is 12.3. The zero-order valence-corrected chi connectivity index (χ0v) is 21.3. The molecule has 184 valence electrons. The molecule has 4 rings (SSSR count). The third-order valence-corrected chi connectivity index (χ3v) is 7.08. The number of amides is 2. The molecule has 1 atom stereocenters. The minimum absolute atomic E-state index is 0.00294. The van der Waals surface area contributed by atoms with Crippen molar-refractivity contribution in [1.82, 2.24) is 15.1 Å². The Morgan fingerprint density at radius 2 is 1.42 bits per heavy atom. The lowest BCUT2D eigenvalue weighted by Crippen LogP contribution is -2.43. The van der Waals surface area contributed by atoms with Crippen LogP contribution in [0.4, 0.5) is 5.13 Å². The van der Waals surface area contributed by atoms with Gasteiger partial charge in [0.25, 0.3) is 0 Å². The SMILES string of the molecule is CCC(C)N(CCC(=O)Nc1nnc(-c2ccccc2)s1)C(=O)C(c1ccccc1)c1ccccc1. The summed E-state index contributed by atoms with van der Waals surface area (Å²) < 4.78 is 0. The van der Waals surface area contributed by atoms with E-state index in [0.29, 0.717) is 11.7 Å². The van der Waals surface area contributed by atoms with E-state index in [1.807, 2.05) is 103 Å². The van der Waals surface area contributed by atoms with Crippen molar-refractivity contribution in [2.75, 3.05) is 11.9 Å². The molecule has 1 aromatic heterocycles. The lowest BCUT2D eigenvalue weighted by Gasteiger charge is -2.32. The van der Waals surface area contributed by atoms with Gasteiger partial charge >= 0.3 is 0 Å². The Hall–Kier alpha value is -3.84. The molecular formula is C29H30N4O2S. The Morgan fingerprint density at radius 3 is 1.97 bits per heavy atom. The molecule has 0 aliphatic rings. The zero-order chi connectivity index (χ0) is 25.3. The van der Waals surface area contributed by atoms with Gasteiger partial charge in [-0.15, -0.1) is 10.2 Å². The molecule has 0 fully saturated rings. The fourth-order valence-corrected chi connectivity index (χ4v) is 4.84. The third-order valence-electron chi connectivity index (χ3n) is 6.19. The van der Waals surface area contributed by atoms with Crippen molar-refractivity contribution in [2.24, 2.45) is 0 Å². The number of hydrogen-bond acceptors (Lipinski definition) is 5. The van der Waals surface area contributed by atoms with Crippen LogP contribution in [0.2, 0.25) is 0 Å². The van der Waals surface area contributed by atoms with Crippen LogP contribution < -0.4 is 5.32 Å². The molecule has 4 aromatic rings. The summed E-state index contributed by atoms with van der Waals surface area (Å²) in [6.07, 6.45) is 0.965. The number of carbonyl (C=O) groups excluding carboxylic acids is 2. The molecule has 6 nitrogen and oxygen atoms in total. The van der Waals surface area contributed by atoms with Crippen molar-refractivity contribution in [2.45, 2.75) is 38.6 Å². The number of anilines is 1. The number of carbonyl (C=O) groups is 2. The molecule has 1 unspecified atom stereocenters. The summed E-state index contributed by atoms with van der Waals surface area (Å²) in [6.45, 7) is 4.40. The van der Waals surface area contributed by atoms with Gasteiger partial charge in [0.1, 0.15) is 5.01 Å². The predicted octanol–water partition coefficient (Wildman–Crippen LogP) is 5.99. The smallest absolute Gasteiger partial charge is 0.234 e. The molecule has 36 heavy (non-hydrogen) atoms. The minimum Gasteiger partial charge on any atom is -0.339 e. The maximum atomic E-state index is 13.9. The molecule has 3 aromatic carbocycles. The lowest BCUT2D eigenvalue weighted by atomic mass is 9.89. The van der Waals surface area contributed by atoms with Crippen LogP contribution in [0.15, 0.2) is 91.0 Å². The Labute approximate surface area is 216 Å². The quantitative estimate of drug-likeness (QED) is 0.291.